The largest absolute Gasteiger partial charge is 0.324 e. The van der Waals surface area contributed by atoms with Crippen molar-refractivity contribution < 1.29 is 14.4 Å². The zero-order chi connectivity index (χ0) is 19.6. The molecule has 0 saturated carbocycles. The zero-order valence-corrected chi connectivity index (χ0v) is 16.0. The highest BCUT2D eigenvalue weighted by atomic mass is 16.2. The van der Waals surface area contributed by atoms with Gasteiger partial charge in [0.05, 0.1) is 18.2 Å². The van der Waals surface area contributed by atoms with Crippen molar-refractivity contribution in [1.82, 2.24) is 14.8 Å². The summed E-state index contributed by atoms with van der Waals surface area (Å²) < 4.78 is 1.74. The van der Waals surface area contributed by atoms with Gasteiger partial charge in [-0.05, 0) is 45.3 Å². The Balaban J connectivity index is 1.85. The second-order valence-electron chi connectivity index (χ2n) is 7.39. The minimum atomic E-state index is -0.660. The second-order valence-corrected chi connectivity index (χ2v) is 7.39. The van der Waals surface area contributed by atoms with Crippen LogP contribution in [-0.2, 0) is 16.1 Å². The van der Waals surface area contributed by atoms with Gasteiger partial charge in [-0.25, -0.2) is 0 Å². The lowest BCUT2D eigenvalue weighted by Gasteiger charge is -2.25. The van der Waals surface area contributed by atoms with Gasteiger partial charge in [-0.2, -0.15) is 0 Å². The fraction of sp³-hybridized carbons (Fsp3) is 0.600. The maximum atomic E-state index is 13.0. The van der Waals surface area contributed by atoms with E-state index >= 15 is 0 Å². The summed E-state index contributed by atoms with van der Waals surface area (Å²) in [6.45, 7) is 5.10. The summed E-state index contributed by atoms with van der Waals surface area (Å²) >= 11 is 0. The van der Waals surface area contributed by atoms with Crippen molar-refractivity contribution in [3.8, 4) is 0 Å². The first-order valence-electron chi connectivity index (χ1n) is 9.71. The molecule has 0 aliphatic carbocycles. The molecule has 27 heavy (non-hydrogen) atoms. The van der Waals surface area contributed by atoms with Crippen LogP contribution in [0.3, 0.4) is 0 Å². The van der Waals surface area contributed by atoms with Crippen molar-refractivity contribution in [3.05, 3.63) is 33.7 Å². The standard InChI is InChI=1S/C20H27N3O4/c1-3-15(25)4-5-18(13(2)24)23-12-17-16(19(23)26)8-11-22(20(17)27)14-6-9-21-10-7-14/h8,11,14,18,21H,3-7,9-10,12H2,1-2H3. The van der Waals surface area contributed by atoms with E-state index in [4.69, 9.17) is 0 Å². The van der Waals surface area contributed by atoms with Gasteiger partial charge in [-0.15, -0.1) is 0 Å². The highest BCUT2D eigenvalue weighted by Crippen LogP contribution is 2.26. The van der Waals surface area contributed by atoms with Crippen LogP contribution in [0.2, 0.25) is 0 Å². The van der Waals surface area contributed by atoms with Crippen LogP contribution < -0.4 is 10.9 Å². The molecule has 1 N–H and O–H groups in total. The summed E-state index contributed by atoms with van der Waals surface area (Å²) in [5.41, 5.74) is 0.717. The Kier molecular flexibility index (Phi) is 5.89. The first kappa shape index (κ1) is 19.5. The molecule has 1 fully saturated rings. The number of piperidine rings is 1. The van der Waals surface area contributed by atoms with Crippen LogP contribution in [0.15, 0.2) is 17.1 Å². The van der Waals surface area contributed by atoms with Crippen LogP contribution in [0.1, 0.15) is 67.9 Å². The SMILES string of the molecule is CCC(=O)CCC(C(C)=O)N1Cc2c(ccn(C3CCNCC3)c2=O)C1=O. The van der Waals surface area contributed by atoms with Gasteiger partial charge in [0.15, 0.2) is 5.78 Å². The lowest BCUT2D eigenvalue weighted by atomic mass is 10.0. The Labute approximate surface area is 158 Å². The van der Waals surface area contributed by atoms with E-state index in [1.165, 1.54) is 11.8 Å². The number of pyridine rings is 1. The van der Waals surface area contributed by atoms with Crippen LogP contribution in [-0.4, -0.2) is 46.1 Å². The van der Waals surface area contributed by atoms with Gasteiger partial charge < -0.3 is 14.8 Å². The first-order chi connectivity index (χ1) is 12.9. The zero-order valence-electron chi connectivity index (χ0n) is 16.0. The van der Waals surface area contributed by atoms with E-state index in [2.05, 4.69) is 5.32 Å². The van der Waals surface area contributed by atoms with Gasteiger partial charge in [0.25, 0.3) is 11.5 Å². The number of aromatic nitrogens is 1. The number of rotatable bonds is 7. The Hall–Kier alpha value is -2.28. The molecule has 1 aromatic heterocycles. The maximum absolute atomic E-state index is 13.0. The normalized spacial score (nSPS) is 18.4. The molecule has 2 aliphatic rings. The molecule has 1 saturated heterocycles. The molecular weight excluding hydrogens is 346 g/mol. The average Bonchev–Trinajstić information content (AvgIpc) is 3.00. The van der Waals surface area contributed by atoms with Crippen molar-refractivity contribution in [2.24, 2.45) is 0 Å². The number of ketones is 2. The Morgan fingerprint density at radius 3 is 2.59 bits per heavy atom. The van der Waals surface area contributed by atoms with Crippen molar-refractivity contribution in [1.29, 1.82) is 0 Å². The number of carbonyl (C=O) groups excluding carboxylic acids is 3. The van der Waals surface area contributed by atoms with Crippen LogP contribution >= 0.6 is 0 Å². The molecule has 3 rings (SSSR count). The molecule has 0 spiro atoms. The molecule has 1 aromatic rings. The molecular formula is C20H27N3O4. The van der Waals surface area contributed by atoms with Gasteiger partial charge in [0.2, 0.25) is 0 Å². The lowest BCUT2D eigenvalue weighted by Crippen LogP contribution is -2.41. The number of carbonyl (C=O) groups is 3. The Morgan fingerprint density at radius 1 is 1.26 bits per heavy atom. The molecule has 0 radical (unpaired) electrons. The molecule has 3 heterocycles. The van der Waals surface area contributed by atoms with Gasteiger partial charge in [0, 0.05) is 30.6 Å². The van der Waals surface area contributed by atoms with Crippen molar-refractivity contribution >= 4 is 17.5 Å². The number of amides is 1. The van der Waals surface area contributed by atoms with Crippen LogP contribution in [0, 0.1) is 0 Å². The Morgan fingerprint density at radius 2 is 1.96 bits per heavy atom. The number of nitrogens with one attached hydrogen (secondary N) is 1. The molecule has 1 atom stereocenters. The highest BCUT2D eigenvalue weighted by Gasteiger charge is 2.37. The van der Waals surface area contributed by atoms with E-state index in [-0.39, 0.29) is 42.0 Å². The van der Waals surface area contributed by atoms with Crippen molar-refractivity contribution in [3.63, 3.8) is 0 Å². The fourth-order valence-electron chi connectivity index (χ4n) is 4.02. The van der Waals surface area contributed by atoms with E-state index in [0.29, 0.717) is 24.0 Å². The summed E-state index contributed by atoms with van der Waals surface area (Å²) in [6, 6.07) is 1.18. The number of hydrogen-bond donors (Lipinski definition) is 1. The van der Waals surface area contributed by atoms with Crippen molar-refractivity contribution in [2.75, 3.05) is 13.1 Å². The molecule has 0 bridgehead atoms. The van der Waals surface area contributed by atoms with E-state index < -0.39 is 6.04 Å². The van der Waals surface area contributed by atoms with E-state index in [1.54, 1.807) is 23.8 Å². The summed E-state index contributed by atoms with van der Waals surface area (Å²) in [5.74, 6) is -0.374. The monoisotopic (exact) mass is 373 g/mol. The predicted molar refractivity (Wildman–Crippen MR) is 101 cm³/mol. The second kappa shape index (κ2) is 8.17. The quantitative estimate of drug-likeness (QED) is 0.781. The molecule has 1 unspecified atom stereocenters. The average molecular weight is 373 g/mol. The summed E-state index contributed by atoms with van der Waals surface area (Å²) in [6.07, 6.45) is 4.46. The first-order valence-corrected chi connectivity index (χ1v) is 9.71. The number of hydrogen-bond acceptors (Lipinski definition) is 5. The smallest absolute Gasteiger partial charge is 0.256 e. The molecule has 7 nitrogen and oxygen atoms in total. The van der Waals surface area contributed by atoms with Crippen molar-refractivity contribution in [2.45, 2.75) is 64.6 Å². The maximum Gasteiger partial charge on any atom is 0.256 e. The van der Waals surface area contributed by atoms with Gasteiger partial charge in [-0.1, -0.05) is 6.92 Å². The third-order valence-corrected chi connectivity index (χ3v) is 5.68. The number of Topliss-reactive ketones (excluding diaryl/α,β-unsaturated/α-hetero) is 2. The van der Waals surface area contributed by atoms with Crippen LogP contribution in [0.5, 0.6) is 0 Å². The number of fused-ring (bicyclic) bond motifs is 1. The predicted octanol–water partition coefficient (Wildman–Crippen LogP) is 1.45. The van der Waals surface area contributed by atoms with E-state index in [9.17, 15) is 19.2 Å². The summed E-state index contributed by atoms with van der Waals surface area (Å²) in [4.78, 5) is 51.1. The van der Waals surface area contributed by atoms with E-state index in [1.807, 2.05) is 0 Å². The fourth-order valence-corrected chi connectivity index (χ4v) is 4.02. The van der Waals surface area contributed by atoms with Gasteiger partial charge >= 0.3 is 0 Å². The Bertz CT molecular complexity index is 808. The van der Waals surface area contributed by atoms with Crippen LogP contribution in [0.4, 0.5) is 0 Å². The summed E-state index contributed by atoms with van der Waals surface area (Å²) in [7, 11) is 0. The topological polar surface area (TPSA) is 88.5 Å². The van der Waals surface area contributed by atoms with Gasteiger partial charge in [-0.3, -0.25) is 19.2 Å². The van der Waals surface area contributed by atoms with Crippen LogP contribution in [0.25, 0.3) is 0 Å². The molecule has 1 amide bonds. The molecule has 2 aliphatic heterocycles. The minimum Gasteiger partial charge on any atom is -0.324 e. The molecule has 0 aromatic carbocycles. The third-order valence-electron chi connectivity index (χ3n) is 5.68. The molecule has 7 heteroatoms. The highest BCUT2D eigenvalue weighted by molar-refractivity contribution is 6.01. The minimum absolute atomic E-state index is 0.0682. The molecule has 146 valence electrons. The lowest BCUT2D eigenvalue weighted by molar-refractivity contribution is -0.122. The van der Waals surface area contributed by atoms with Gasteiger partial charge in [0.1, 0.15) is 5.78 Å². The van der Waals surface area contributed by atoms with E-state index in [0.717, 1.165) is 25.9 Å². The number of nitrogens with zero attached hydrogens (tertiary/aromatic N) is 2. The summed E-state index contributed by atoms with van der Waals surface area (Å²) in [5, 5.41) is 3.28. The third kappa shape index (κ3) is 3.88.